The summed E-state index contributed by atoms with van der Waals surface area (Å²) in [6.45, 7) is 3.27. The first-order chi connectivity index (χ1) is 8.77. The summed E-state index contributed by atoms with van der Waals surface area (Å²) in [4.78, 5) is 1.25. The number of benzene rings is 1. The third-order valence-corrected chi connectivity index (χ3v) is 4.03. The average Bonchev–Trinajstić information content (AvgIpc) is 2.83. The van der Waals surface area contributed by atoms with Crippen LogP contribution in [0.4, 0.5) is 0 Å². The van der Waals surface area contributed by atoms with Gasteiger partial charge in [0, 0.05) is 10.4 Å². The van der Waals surface area contributed by atoms with Crippen molar-refractivity contribution in [2.24, 2.45) is 5.73 Å². The third-order valence-electron chi connectivity index (χ3n) is 3.17. The Bertz CT molecular complexity index is 565. The minimum atomic E-state index is -0.159. The van der Waals surface area contributed by atoms with Gasteiger partial charge < -0.3 is 15.2 Å². The molecular formula is C14H15NO2S. The quantitative estimate of drug-likeness (QED) is 0.904. The van der Waals surface area contributed by atoms with E-state index < -0.39 is 0 Å². The number of ether oxygens (including phenoxy) is 2. The van der Waals surface area contributed by atoms with Crippen LogP contribution in [0, 0.1) is 6.92 Å². The van der Waals surface area contributed by atoms with Crippen LogP contribution in [0.25, 0.3) is 0 Å². The molecule has 1 aromatic heterocycles. The molecule has 3 nitrogen and oxygen atoms in total. The summed E-state index contributed by atoms with van der Waals surface area (Å²) >= 11 is 1.71. The second kappa shape index (κ2) is 4.63. The smallest absolute Gasteiger partial charge is 0.166 e. The Morgan fingerprint density at radius 2 is 2.00 bits per heavy atom. The second-order valence-corrected chi connectivity index (χ2v) is 5.40. The molecule has 1 aromatic carbocycles. The van der Waals surface area contributed by atoms with Gasteiger partial charge in [0.1, 0.15) is 13.2 Å². The van der Waals surface area contributed by atoms with E-state index in [1.807, 2.05) is 18.2 Å². The monoisotopic (exact) mass is 261 g/mol. The first-order valence-corrected chi connectivity index (χ1v) is 6.83. The van der Waals surface area contributed by atoms with Crippen molar-refractivity contribution in [1.29, 1.82) is 0 Å². The van der Waals surface area contributed by atoms with Crippen molar-refractivity contribution >= 4 is 11.3 Å². The van der Waals surface area contributed by atoms with Crippen LogP contribution in [0.2, 0.25) is 0 Å². The molecule has 94 valence electrons. The molecule has 18 heavy (non-hydrogen) atoms. The molecule has 1 atom stereocenters. The Morgan fingerprint density at radius 1 is 1.17 bits per heavy atom. The molecule has 2 N–H and O–H groups in total. The van der Waals surface area contributed by atoms with Gasteiger partial charge >= 0.3 is 0 Å². The van der Waals surface area contributed by atoms with Crippen molar-refractivity contribution in [1.82, 2.24) is 0 Å². The van der Waals surface area contributed by atoms with Crippen molar-refractivity contribution in [3.05, 3.63) is 45.6 Å². The highest BCUT2D eigenvalue weighted by Gasteiger charge is 2.21. The maximum absolute atomic E-state index is 6.36. The Hall–Kier alpha value is -1.52. The van der Waals surface area contributed by atoms with E-state index in [2.05, 4.69) is 18.4 Å². The lowest BCUT2D eigenvalue weighted by molar-refractivity contribution is 0.169. The fourth-order valence-electron chi connectivity index (χ4n) is 2.23. The second-order valence-electron chi connectivity index (χ2n) is 4.28. The number of rotatable bonds is 2. The van der Waals surface area contributed by atoms with Gasteiger partial charge in [-0.3, -0.25) is 0 Å². The SMILES string of the molecule is Cc1sccc1C(N)c1cccc2c1OCCO2. The van der Waals surface area contributed by atoms with Gasteiger partial charge in [0.2, 0.25) is 0 Å². The Morgan fingerprint density at radius 3 is 2.78 bits per heavy atom. The number of thiophene rings is 1. The molecule has 0 amide bonds. The van der Waals surface area contributed by atoms with Crippen LogP contribution >= 0.6 is 11.3 Å². The van der Waals surface area contributed by atoms with E-state index in [9.17, 15) is 0 Å². The fourth-order valence-corrected chi connectivity index (χ4v) is 2.98. The van der Waals surface area contributed by atoms with Crippen molar-refractivity contribution < 1.29 is 9.47 Å². The van der Waals surface area contributed by atoms with Crippen LogP contribution in [0.3, 0.4) is 0 Å². The Kier molecular flexibility index (Phi) is 2.97. The summed E-state index contributed by atoms with van der Waals surface area (Å²) in [5.41, 5.74) is 8.51. The molecule has 0 bridgehead atoms. The standard InChI is InChI=1S/C14H15NO2S/c1-9-10(5-8-18-9)13(15)11-3-2-4-12-14(11)17-7-6-16-12/h2-5,8,13H,6-7,15H2,1H3. The van der Waals surface area contributed by atoms with E-state index in [0.29, 0.717) is 13.2 Å². The largest absolute Gasteiger partial charge is 0.486 e. The normalized spacial score (nSPS) is 15.4. The van der Waals surface area contributed by atoms with Gasteiger partial charge in [-0.05, 0) is 30.0 Å². The molecule has 1 aliphatic rings. The molecule has 0 fully saturated rings. The van der Waals surface area contributed by atoms with E-state index in [4.69, 9.17) is 15.2 Å². The molecular weight excluding hydrogens is 246 g/mol. The number of nitrogens with two attached hydrogens (primary N) is 1. The zero-order chi connectivity index (χ0) is 12.5. The Balaban J connectivity index is 2.04. The lowest BCUT2D eigenvalue weighted by Crippen LogP contribution is -2.20. The lowest BCUT2D eigenvalue weighted by Gasteiger charge is -2.23. The highest BCUT2D eigenvalue weighted by atomic mass is 32.1. The zero-order valence-corrected chi connectivity index (χ0v) is 11.0. The van der Waals surface area contributed by atoms with Crippen LogP contribution in [-0.4, -0.2) is 13.2 Å². The van der Waals surface area contributed by atoms with Crippen molar-refractivity contribution in [3.8, 4) is 11.5 Å². The number of hydrogen-bond acceptors (Lipinski definition) is 4. The predicted molar refractivity (Wildman–Crippen MR) is 72.5 cm³/mol. The van der Waals surface area contributed by atoms with Gasteiger partial charge in [0.15, 0.2) is 11.5 Å². The number of hydrogen-bond donors (Lipinski definition) is 1. The molecule has 0 saturated heterocycles. The van der Waals surface area contributed by atoms with Crippen LogP contribution in [0.1, 0.15) is 22.0 Å². The summed E-state index contributed by atoms with van der Waals surface area (Å²) in [6, 6.07) is 7.81. The highest BCUT2D eigenvalue weighted by Crippen LogP contribution is 2.39. The van der Waals surface area contributed by atoms with Crippen LogP contribution in [0.15, 0.2) is 29.6 Å². The maximum atomic E-state index is 6.36. The molecule has 0 saturated carbocycles. The third kappa shape index (κ3) is 1.87. The highest BCUT2D eigenvalue weighted by molar-refractivity contribution is 7.10. The summed E-state index contributed by atoms with van der Waals surface area (Å²) in [6.07, 6.45) is 0. The van der Waals surface area contributed by atoms with E-state index >= 15 is 0 Å². The van der Waals surface area contributed by atoms with Crippen molar-refractivity contribution in [2.75, 3.05) is 13.2 Å². The van der Waals surface area contributed by atoms with Crippen molar-refractivity contribution in [3.63, 3.8) is 0 Å². The van der Waals surface area contributed by atoms with Gasteiger partial charge in [0.05, 0.1) is 6.04 Å². The molecule has 4 heteroatoms. The molecule has 3 rings (SSSR count). The van der Waals surface area contributed by atoms with Crippen LogP contribution in [0.5, 0.6) is 11.5 Å². The average molecular weight is 261 g/mol. The van der Waals surface area contributed by atoms with Crippen LogP contribution in [-0.2, 0) is 0 Å². The summed E-state index contributed by atoms with van der Waals surface area (Å²) in [5.74, 6) is 1.59. The minimum absolute atomic E-state index is 0.159. The molecule has 0 radical (unpaired) electrons. The molecule has 2 aromatic rings. The number of fused-ring (bicyclic) bond motifs is 1. The van der Waals surface area contributed by atoms with Gasteiger partial charge in [-0.15, -0.1) is 11.3 Å². The number of aryl methyl sites for hydroxylation is 1. The zero-order valence-electron chi connectivity index (χ0n) is 10.2. The van der Waals surface area contributed by atoms with Gasteiger partial charge in [-0.2, -0.15) is 0 Å². The molecule has 0 spiro atoms. The maximum Gasteiger partial charge on any atom is 0.166 e. The summed E-state index contributed by atoms with van der Waals surface area (Å²) in [7, 11) is 0. The van der Waals surface area contributed by atoms with E-state index in [-0.39, 0.29) is 6.04 Å². The van der Waals surface area contributed by atoms with E-state index in [1.165, 1.54) is 4.88 Å². The van der Waals surface area contributed by atoms with E-state index in [0.717, 1.165) is 22.6 Å². The topological polar surface area (TPSA) is 44.5 Å². The van der Waals surface area contributed by atoms with Gasteiger partial charge in [-0.25, -0.2) is 0 Å². The van der Waals surface area contributed by atoms with Crippen LogP contribution < -0.4 is 15.2 Å². The first-order valence-electron chi connectivity index (χ1n) is 5.95. The fraction of sp³-hybridized carbons (Fsp3) is 0.286. The van der Waals surface area contributed by atoms with Gasteiger partial charge in [0.25, 0.3) is 0 Å². The van der Waals surface area contributed by atoms with E-state index in [1.54, 1.807) is 11.3 Å². The number of para-hydroxylation sites is 1. The summed E-state index contributed by atoms with van der Waals surface area (Å²) in [5, 5.41) is 2.07. The van der Waals surface area contributed by atoms with Gasteiger partial charge in [-0.1, -0.05) is 12.1 Å². The molecule has 1 aliphatic heterocycles. The first kappa shape index (κ1) is 11.6. The molecule has 0 aliphatic carbocycles. The molecule has 2 heterocycles. The van der Waals surface area contributed by atoms with Crippen molar-refractivity contribution in [2.45, 2.75) is 13.0 Å². The molecule has 1 unspecified atom stereocenters. The Labute approximate surface area is 110 Å². The minimum Gasteiger partial charge on any atom is -0.486 e. The lowest BCUT2D eigenvalue weighted by atomic mass is 9.99. The predicted octanol–water partition coefficient (Wildman–Crippen LogP) is 2.88. The summed E-state index contributed by atoms with van der Waals surface area (Å²) < 4.78 is 11.3.